The molecule has 0 amide bonds. The smallest absolute Gasteiger partial charge is 0.353 e. The van der Waals surface area contributed by atoms with Crippen LogP contribution in [0.25, 0.3) is 11.0 Å². The minimum absolute atomic E-state index is 0.262. The summed E-state index contributed by atoms with van der Waals surface area (Å²) in [5, 5.41) is 3.18. The maximum Gasteiger partial charge on any atom is 0.449 e. The van der Waals surface area contributed by atoms with E-state index in [9.17, 15) is 13.2 Å². The number of benzene rings is 1. The molecule has 0 saturated carbocycles. The number of H-pyrrole nitrogens is 1. The molecule has 1 unspecified atom stereocenters. The molecule has 1 atom stereocenters. The van der Waals surface area contributed by atoms with Crippen LogP contribution in [0.2, 0.25) is 0 Å². The van der Waals surface area contributed by atoms with Crippen molar-refractivity contribution in [1.29, 1.82) is 0 Å². The van der Waals surface area contributed by atoms with E-state index in [2.05, 4.69) is 45.1 Å². The van der Waals surface area contributed by atoms with E-state index in [1.807, 2.05) is 0 Å². The number of aryl methyl sites for hydroxylation is 1. The van der Waals surface area contributed by atoms with Gasteiger partial charge in [-0.1, -0.05) is 20.3 Å². The number of imidazole rings is 1. The summed E-state index contributed by atoms with van der Waals surface area (Å²) in [4.78, 5) is 17.7. The lowest BCUT2D eigenvalue weighted by atomic mass is 10.00. The van der Waals surface area contributed by atoms with Gasteiger partial charge in [0.1, 0.15) is 5.82 Å². The number of fused-ring (bicyclic) bond motifs is 1. The van der Waals surface area contributed by atoms with Crippen molar-refractivity contribution in [1.82, 2.24) is 19.9 Å². The van der Waals surface area contributed by atoms with Crippen molar-refractivity contribution in [2.45, 2.75) is 64.6 Å². The Morgan fingerprint density at radius 1 is 1.13 bits per heavy atom. The van der Waals surface area contributed by atoms with Gasteiger partial charge in [-0.2, -0.15) is 18.2 Å². The van der Waals surface area contributed by atoms with Crippen molar-refractivity contribution in [3.63, 3.8) is 0 Å². The number of piperidine rings is 1. The van der Waals surface area contributed by atoms with Crippen LogP contribution in [0.15, 0.2) is 24.3 Å². The minimum atomic E-state index is -4.51. The van der Waals surface area contributed by atoms with E-state index in [4.69, 9.17) is 4.98 Å². The molecule has 9 heteroatoms. The first-order chi connectivity index (χ1) is 14.9. The number of anilines is 3. The molecule has 166 valence electrons. The highest BCUT2D eigenvalue weighted by Gasteiger charge is 2.34. The molecule has 3 heterocycles. The van der Waals surface area contributed by atoms with Crippen LogP contribution in [-0.4, -0.2) is 32.5 Å². The van der Waals surface area contributed by atoms with E-state index >= 15 is 0 Å². The third kappa shape index (κ3) is 4.75. The van der Waals surface area contributed by atoms with Gasteiger partial charge in [0.15, 0.2) is 0 Å². The molecule has 2 N–H and O–H groups in total. The van der Waals surface area contributed by atoms with E-state index < -0.39 is 12.0 Å². The van der Waals surface area contributed by atoms with Gasteiger partial charge in [0.25, 0.3) is 0 Å². The zero-order valence-electron chi connectivity index (χ0n) is 17.8. The van der Waals surface area contributed by atoms with Crippen molar-refractivity contribution in [2.24, 2.45) is 0 Å². The number of nitrogens with one attached hydrogen (secondary N) is 2. The Labute approximate surface area is 179 Å². The highest BCUT2D eigenvalue weighted by Crippen LogP contribution is 2.30. The van der Waals surface area contributed by atoms with Gasteiger partial charge in [0, 0.05) is 30.0 Å². The van der Waals surface area contributed by atoms with Crippen LogP contribution in [0, 0.1) is 0 Å². The second-order valence-electron chi connectivity index (χ2n) is 7.98. The summed E-state index contributed by atoms with van der Waals surface area (Å²) in [7, 11) is 0. The lowest BCUT2D eigenvalue weighted by molar-refractivity contribution is -0.144. The van der Waals surface area contributed by atoms with Crippen molar-refractivity contribution < 1.29 is 13.2 Å². The Kier molecular flexibility index (Phi) is 6.02. The summed E-state index contributed by atoms with van der Waals surface area (Å²) in [5.74, 6) is 0.365. The first-order valence-corrected chi connectivity index (χ1v) is 10.9. The monoisotopic (exact) mass is 432 g/mol. The van der Waals surface area contributed by atoms with E-state index in [1.165, 1.54) is 6.42 Å². The summed E-state index contributed by atoms with van der Waals surface area (Å²) in [6, 6.07) is 7.37. The van der Waals surface area contributed by atoms with Gasteiger partial charge in [-0.25, -0.2) is 9.97 Å². The Morgan fingerprint density at radius 3 is 2.71 bits per heavy atom. The maximum atomic E-state index is 12.9. The molecule has 3 aromatic rings. The summed E-state index contributed by atoms with van der Waals surface area (Å²) < 4.78 is 38.8. The fraction of sp³-hybridized carbons (Fsp3) is 0.500. The fourth-order valence-electron chi connectivity index (χ4n) is 4.15. The third-order valence-corrected chi connectivity index (χ3v) is 5.67. The molecule has 0 bridgehead atoms. The molecular weight excluding hydrogens is 405 g/mol. The Balaban J connectivity index is 1.64. The quantitative estimate of drug-likeness (QED) is 0.512. The van der Waals surface area contributed by atoms with Crippen LogP contribution >= 0.6 is 0 Å². The molecule has 0 aliphatic carbocycles. The van der Waals surface area contributed by atoms with Crippen LogP contribution < -0.4 is 10.2 Å². The van der Waals surface area contributed by atoms with E-state index in [0.29, 0.717) is 23.2 Å². The Morgan fingerprint density at radius 2 is 1.97 bits per heavy atom. The molecule has 1 saturated heterocycles. The number of aromatic amines is 1. The average Bonchev–Trinajstić information content (AvgIpc) is 3.18. The first-order valence-electron chi connectivity index (χ1n) is 10.9. The highest BCUT2D eigenvalue weighted by molar-refractivity contribution is 5.80. The molecule has 0 spiro atoms. The Bertz CT molecular complexity index is 1050. The molecule has 6 nitrogen and oxygen atoms in total. The van der Waals surface area contributed by atoms with Gasteiger partial charge in [0.2, 0.25) is 11.8 Å². The zero-order chi connectivity index (χ0) is 22.0. The van der Waals surface area contributed by atoms with Gasteiger partial charge in [0.05, 0.1) is 11.0 Å². The topological polar surface area (TPSA) is 69.7 Å². The number of rotatable bonds is 6. The molecule has 1 aliphatic heterocycles. The second kappa shape index (κ2) is 8.72. The molecule has 4 rings (SSSR count). The standard InChI is InChI=1S/C22H27F3N6/c1-3-7-14-13-19(31-11-6-5-8-16(31)4-2)30-21(26-14)27-15-9-10-17-18(12-15)29-20(28-17)22(23,24)25/h9-10,12-13,16H,3-8,11H2,1-2H3,(H,28,29)(H,26,27,30). The van der Waals surface area contributed by atoms with E-state index in [0.717, 1.165) is 50.2 Å². The molecule has 31 heavy (non-hydrogen) atoms. The van der Waals surface area contributed by atoms with Crippen LogP contribution in [0.4, 0.5) is 30.6 Å². The average molecular weight is 432 g/mol. The summed E-state index contributed by atoms with van der Waals surface area (Å²) in [5.41, 5.74) is 2.13. The predicted octanol–water partition coefficient (Wildman–Crippen LogP) is 5.84. The zero-order valence-corrected chi connectivity index (χ0v) is 17.8. The van der Waals surface area contributed by atoms with Crippen molar-refractivity contribution >= 4 is 28.5 Å². The van der Waals surface area contributed by atoms with Gasteiger partial charge < -0.3 is 15.2 Å². The van der Waals surface area contributed by atoms with Crippen LogP contribution in [0.5, 0.6) is 0 Å². The number of aromatic nitrogens is 4. The molecule has 1 aliphatic rings. The van der Waals surface area contributed by atoms with Gasteiger partial charge in [-0.3, -0.25) is 0 Å². The molecular formula is C22H27F3N6. The number of hydrogen-bond acceptors (Lipinski definition) is 5. The largest absolute Gasteiger partial charge is 0.449 e. The van der Waals surface area contributed by atoms with Crippen LogP contribution in [0.1, 0.15) is 57.5 Å². The van der Waals surface area contributed by atoms with Gasteiger partial charge in [-0.05, 0) is 50.3 Å². The molecule has 2 aromatic heterocycles. The molecule has 1 aromatic carbocycles. The van der Waals surface area contributed by atoms with E-state index in [1.54, 1.807) is 18.2 Å². The van der Waals surface area contributed by atoms with Gasteiger partial charge in [-0.15, -0.1) is 0 Å². The van der Waals surface area contributed by atoms with E-state index in [-0.39, 0.29) is 5.52 Å². The Hall–Kier alpha value is -2.84. The summed E-state index contributed by atoms with van der Waals surface area (Å²) >= 11 is 0. The summed E-state index contributed by atoms with van der Waals surface area (Å²) in [6.45, 7) is 5.28. The van der Waals surface area contributed by atoms with Crippen LogP contribution in [-0.2, 0) is 12.6 Å². The number of alkyl halides is 3. The fourth-order valence-corrected chi connectivity index (χ4v) is 4.15. The maximum absolute atomic E-state index is 12.9. The molecule has 0 radical (unpaired) electrons. The van der Waals surface area contributed by atoms with Gasteiger partial charge >= 0.3 is 6.18 Å². The molecule has 1 fully saturated rings. The number of hydrogen-bond donors (Lipinski definition) is 2. The minimum Gasteiger partial charge on any atom is -0.353 e. The first kappa shape index (κ1) is 21.4. The lowest BCUT2D eigenvalue weighted by Crippen LogP contribution is -2.39. The van der Waals surface area contributed by atoms with Crippen molar-refractivity contribution in [3.8, 4) is 0 Å². The van der Waals surface area contributed by atoms with Crippen molar-refractivity contribution in [2.75, 3.05) is 16.8 Å². The second-order valence-corrected chi connectivity index (χ2v) is 7.98. The van der Waals surface area contributed by atoms with Crippen molar-refractivity contribution in [3.05, 3.63) is 35.8 Å². The normalized spacial score (nSPS) is 17.3. The van der Waals surface area contributed by atoms with Crippen LogP contribution in [0.3, 0.4) is 0 Å². The number of nitrogens with zero attached hydrogens (tertiary/aromatic N) is 4. The SMILES string of the molecule is CCCc1cc(N2CCCCC2CC)nc(Nc2ccc3nc(C(F)(F)F)[nH]c3c2)n1. The highest BCUT2D eigenvalue weighted by atomic mass is 19.4. The third-order valence-electron chi connectivity index (χ3n) is 5.67. The lowest BCUT2D eigenvalue weighted by Gasteiger charge is -2.36. The summed E-state index contributed by atoms with van der Waals surface area (Å²) in [6.07, 6.45) is 1.89. The number of halogens is 3. The predicted molar refractivity (Wildman–Crippen MR) is 116 cm³/mol.